The highest BCUT2D eigenvalue weighted by atomic mass is 32.1. The lowest BCUT2D eigenvalue weighted by atomic mass is 10.1. The van der Waals surface area contributed by atoms with Crippen LogP contribution in [0.15, 0.2) is 41.9 Å². The highest BCUT2D eigenvalue weighted by Gasteiger charge is 2.24. The Kier molecular flexibility index (Phi) is 5.38. The van der Waals surface area contributed by atoms with Gasteiger partial charge in [-0.15, -0.1) is 11.3 Å². The molecular formula is C24H26N6OS. The summed E-state index contributed by atoms with van der Waals surface area (Å²) in [6, 6.07) is 10.2. The van der Waals surface area contributed by atoms with Gasteiger partial charge in [0.25, 0.3) is 5.91 Å². The van der Waals surface area contributed by atoms with Crippen molar-refractivity contribution in [2.24, 2.45) is 0 Å². The number of aryl methyl sites for hydroxylation is 3. The Morgan fingerprint density at radius 1 is 1.03 bits per heavy atom. The van der Waals surface area contributed by atoms with Crippen LogP contribution in [-0.2, 0) is 0 Å². The Morgan fingerprint density at radius 3 is 2.69 bits per heavy atom. The summed E-state index contributed by atoms with van der Waals surface area (Å²) in [4.78, 5) is 27.4. The van der Waals surface area contributed by atoms with Gasteiger partial charge in [0, 0.05) is 26.2 Å². The number of fused-ring (bicyclic) bond motifs is 1. The van der Waals surface area contributed by atoms with Crippen LogP contribution in [0.2, 0.25) is 0 Å². The largest absolute Gasteiger partial charge is 0.354 e. The van der Waals surface area contributed by atoms with Crippen molar-refractivity contribution in [1.82, 2.24) is 24.6 Å². The van der Waals surface area contributed by atoms with E-state index >= 15 is 0 Å². The summed E-state index contributed by atoms with van der Waals surface area (Å²) in [6.07, 6.45) is 2.76. The van der Waals surface area contributed by atoms with E-state index in [1.165, 1.54) is 16.9 Å². The molecule has 0 saturated carbocycles. The number of benzene rings is 1. The van der Waals surface area contributed by atoms with Crippen molar-refractivity contribution in [3.05, 3.63) is 63.7 Å². The first-order valence-electron chi connectivity index (χ1n) is 10.9. The second-order valence-corrected chi connectivity index (χ2v) is 9.24. The van der Waals surface area contributed by atoms with E-state index in [9.17, 15) is 4.79 Å². The molecule has 1 amide bonds. The number of nitrogens with zero attached hydrogens (tertiary/aromatic N) is 6. The molecule has 0 aliphatic carbocycles. The van der Waals surface area contributed by atoms with E-state index in [0.29, 0.717) is 6.54 Å². The molecule has 0 spiro atoms. The Labute approximate surface area is 191 Å². The molecule has 0 atom stereocenters. The van der Waals surface area contributed by atoms with Crippen molar-refractivity contribution in [2.75, 3.05) is 31.1 Å². The lowest BCUT2D eigenvalue weighted by molar-refractivity contribution is 0.0772. The Hall–Kier alpha value is -3.26. The third-order valence-corrected chi connectivity index (χ3v) is 6.77. The summed E-state index contributed by atoms with van der Waals surface area (Å²) in [5.74, 6) is 1.73. The van der Waals surface area contributed by atoms with E-state index in [4.69, 9.17) is 9.97 Å². The van der Waals surface area contributed by atoms with Gasteiger partial charge in [-0.2, -0.15) is 5.10 Å². The predicted molar refractivity (Wildman–Crippen MR) is 128 cm³/mol. The summed E-state index contributed by atoms with van der Waals surface area (Å²) in [6.45, 7) is 9.11. The van der Waals surface area contributed by atoms with E-state index in [1.807, 2.05) is 40.2 Å². The third kappa shape index (κ3) is 3.75. The monoisotopic (exact) mass is 446 g/mol. The van der Waals surface area contributed by atoms with Gasteiger partial charge >= 0.3 is 0 Å². The van der Waals surface area contributed by atoms with Gasteiger partial charge in [0.05, 0.1) is 22.1 Å². The summed E-state index contributed by atoms with van der Waals surface area (Å²) >= 11 is 1.50. The van der Waals surface area contributed by atoms with Gasteiger partial charge in [-0.3, -0.25) is 4.79 Å². The Balaban J connectivity index is 1.47. The minimum atomic E-state index is 0.119. The molecule has 7 nitrogen and oxygen atoms in total. The average molecular weight is 447 g/mol. The van der Waals surface area contributed by atoms with Crippen LogP contribution in [-0.4, -0.2) is 56.7 Å². The molecule has 8 heteroatoms. The number of hydrogen-bond donors (Lipinski definition) is 0. The van der Waals surface area contributed by atoms with Gasteiger partial charge in [0.15, 0.2) is 5.65 Å². The fourth-order valence-electron chi connectivity index (χ4n) is 4.35. The first-order chi connectivity index (χ1) is 15.5. The molecular weight excluding hydrogens is 420 g/mol. The van der Waals surface area contributed by atoms with Gasteiger partial charge in [-0.05, 0) is 50.3 Å². The van der Waals surface area contributed by atoms with Crippen molar-refractivity contribution in [3.63, 3.8) is 0 Å². The van der Waals surface area contributed by atoms with Gasteiger partial charge < -0.3 is 9.80 Å². The predicted octanol–water partition coefficient (Wildman–Crippen LogP) is 4.15. The minimum Gasteiger partial charge on any atom is -0.354 e. The highest BCUT2D eigenvalue weighted by Crippen LogP contribution is 2.28. The zero-order valence-corrected chi connectivity index (χ0v) is 19.4. The van der Waals surface area contributed by atoms with Gasteiger partial charge in [0.1, 0.15) is 11.6 Å². The van der Waals surface area contributed by atoms with Gasteiger partial charge in [-0.1, -0.05) is 23.8 Å². The fraction of sp³-hybridized carbons (Fsp3) is 0.333. The SMILES string of the molecule is Cc1ccc(-n2ncc3c(N4CCCN(C(=O)c5cccs5)CC4)nc(C)nc32)c(C)c1. The number of hydrogen-bond acceptors (Lipinski definition) is 6. The van der Waals surface area contributed by atoms with E-state index in [1.54, 1.807) is 0 Å². The molecule has 1 aliphatic rings. The van der Waals surface area contributed by atoms with Crippen LogP contribution in [0.4, 0.5) is 5.82 Å². The molecule has 5 rings (SSSR count). The minimum absolute atomic E-state index is 0.119. The number of carbonyl (C=O) groups excluding carboxylic acids is 1. The van der Waals surface area contributed by atoms with Crippen molar-refractivity contribution in [1.29, 1.82) is 0 Å². The van der Waals surface area contributed by atoms with Crippen LogP contribution in [0.1, 0.15) is 33.0 Å². The van der Waals surface area contributed by atoms with Crippen LogP contribution in [0.25, 0.3) is 16.7 Å². The molecule has 1 saturated heterocycles. The number of aromatic nitrogens is 4. The summed E-state index contributed by atoms with van der Waals surface area (Å²) in [5.41, 5.74) is 4.22. The molecule has 1 aliphatic heterocycles. The molecule has 0 N–H and O–H groups in total. The smallest absolute Gasteiger partial charge is 0.263 e. The van der Waals surface area contributed by atoms with Crippen LogP contribution < -0.4 is 4.90 Å². The van der Waals surface area contributed by atoms with Crippen molar-refractivity contribution in [3.8, 4) is 5.69 Å². The quantitative estimate of drug-likeness (QED) is 0.473. The van der Waals surface area contributed by atoms with Crippen LogP contribution in [0.5, 0.6) is 0 Å². The molecule has 1 aromatic carbocycles. The number of carbonyl (C=O) groups is 1. The maximum Gasteiger partial charge on any atom is 0.263 e. The van der Waals surface area contributed by atoms with E-state index in [-0.39, 0.29) is 5.91 Å². The van der Waals surface area contributed by atoms with E-state index in [0.717, 1.165) is 64.9 Å². The maximum atomic E-state index is 12.8. The van der Waals surface area contributed by atoms with Gasteiger partial charge in [0.2, 0.25) is 0 Å². The molecule has 4 aromatic rings. The van der Waals surface area contributed by atoms with Crippen molar-refractivity contribution in [2.45, 2.75) is 27.2 Å². The molecule has 1 fully saturated rings. The van der Waals surface area contributed by atoms with Crippen LogP contribution in [0.3, 0.4) is 0 Å². The molecule has 32 heavy (non-hydrogen) atoms. The van der Waals surface area contributed by atoms with Crippen molar-refractivity contribution >= 4 is 34.1 Å². The normalized spacial score (nSPS) is 14.7. The molecule has 4 heterocycles. The average Bonchev–Trinajstić information content (AvgIpc) is 3.38. The molecule has 0 unspecified atom stereocenters. The van der Waals surface area contributed by atoms with E-state index in [2.05, 4.69) is 42.0 Å². The Bertz CT molecular complexity index is 1280. The summed E-state index contributed by atoms with van der Waals surface area (Å²) < 4.78 is 1.91. The second-order valence-electron chi connectivity index (χ2n) is 8.29. The first kappa shape index (κ1) is 20.6. The van der Waals surface area contributed by atoms with E-state index < -0.39 is 0 Å². The maximum absolute atomic E-state index is 12.8. The summed E-state index contributed by atoms with van der Waals surface area (Å²) in [5, 5.41) is 7.57. The number of anilines is 1. The summed E-state index contributed by atoms with van der Waals surface area (Å²) in [7, 11) is 0. The first-order valence-corrected chi connectivity index (χ1v) is 11.8. The molecule has 0 radical (unpaired) electrons. The van der Waals surface area contributed by atoms with Crippen LogP contribution in [0, 0.1) is 20.8 Å². The Morgan fingerprint density at radius 2 is 1.91 bits per heavy atom. The number of rotatable bonds is 3. The molecule has 164 valence electrons. The highest BCUT2D eigenvalue weighted by molar-refractivity contribution is 7.12. The van der Waals surface area contributed by atoms with Crippen LogP contribution >= 0.6 is 11.3 Å². The fourth-order valence-corrected chi connectivity index (χ4v) is 5.04. The lowest BCUT2D eigenvalue weighted by Crippen LogP contribution is -2.35. The molecule has 3 aromatic heterocycles. The van der Waals surface area contributed by atoms with Gasteiger partial charge in [-0.25, -0.2) is 14.6 Å². The zero-order chi connectivity index (χ0) is 22.2. The number of thiophene rings is 1. The zero-order valence-electron chi connectivity index (χ0n) is 18.6. The second kappa shape index (κ2) is 8.35. The van der Waals surface area contributed by atoms with Crippen molar-refractivity contribution < 1.29 is 4.79 Å². The number of amides is 1. The standard InChI is InChI=1S/C24H26N6OS/c1-16-7-8-20(17(2)14-16)30-23-19(15-25-30)22(26-18(3)27-23)28-9-5-10-29(12-11-28)24(31)21-6-4-13-32-21/h4,6-8,13-15H,5,9-12H2,1-3H3. The third-order valence-electron chi connectivity index (χ3n) is 5.92. The topological polar surface area (TPSA) is 67.2 Å². The molecule has 0 bridgehead atoms. The lowest BCUT2D eigenvalue weighted by Gasteiger charge is -2.23.